The van der Waals surface area contributed by atoms with E-state index < -0.39 is 18.2 Å². The lowest BCUT2D eigenvalue weighted by Crippen LogP contribution is -2.06. The lowest BCUT2D eigenvalue weighted by Gasteiger charge is -2.10. The van der Waals surface area contributed by atoms with Gasteiger partial charge in [-0.1, -0.05) is 6.07 Å². The number of benzene rings is 2. The molecule has 1 aliphatic carbocycles. The van der Waals surface area contributed by atoms with Crippen molar-refractivity contribution in [1.29, 1.82) is 0 Å². The van der Waals surface area contributed by atoms with Crippen molar-refractivity contribution in [2.24, 2.45) is 0 Å². The van der Waals surface area contributed by atoms with Crippen LogP contribution < -0.4 is 15.1 Å². The van der Waals surface area contributed by atoms with Gasteiger partial charge in [0.05, 0.1) is 7.11 Å². The van der Waals surface area contributed by atoms with Gasteiger partial charge in [-0.05, 0) is 66.3 Å². The van der Waals surface area contributed by atoms with E-state index in [0.717, 1.165) is 24.6 Å². The first-order valence-corrected chi connectivity index (χ1v) is 9.99. The molecule has 0 spiro atoms. The molecule has 166 valence electrons. The molecular formula is C24H20F2O6. The first-order chi connectivity index (χ1) is 15.4. The maximum Gasteiger partial charge on any atom is 0.387 e. The summed E-state index contributed by atoms with van der Waals surface area (Å²) in [5.74, 6) is -0.626. The average Bonchev–Trinajstić information content (AvgIpc) is 3.22. The van der Waals surface area contributed by atoms with Crippen molar-refractivity contribution in [3.05, 3.63) is 75.1 Å². The summed E-state index contributed by atoms with van der Waals surface area (Å²) in [6.07, 6.45) is 5.65. The molecule has 0 bridgehead atoms. The number of fused-ring (bicyclic) bond motifs is 2. The van der Waals surface area contributed by atoms with Gasteiger partial charge < -0.3 is 18.6 Å². The Morgan fingerprint density at radius 1 is 1.12 bits per heavy atom. The van der Waals surface area contributed by atoms with Gasteiger partial charge in [0.2, 0.25) is 0 Å². The summed E-state index contributed by atoms with van der Waals surface area (Å²) in [5.41, 5.74) is 3.47. The van der Waals surface area contributed by atoms with Crippen molar-refractivity contribution in [1.82, 2.24) is 0 Å². The Bertz CT molecular complexity index is 1250. The van der Waals surface area contributed by atoms with Crippen LogP contribution in [0, 0.1) is 0 Å². The lowest BCUT2D eigenvalue weighted by atomic mass is 10.0. The van der Waals surface area contributed by atoms with Crippen LogP contribution in [-0.4, -0.2) is 19.7 Å². The molecule has 1 aromatic heterocycles. The molecule has 1 aliphatic rings. The van der Waals surface area contributed by atoms with E-state index in [1.165, 1.54) is 54.7 Å². The minimum absolute atomic E-state index is 0.0887. The van der Waals surface area contributed by atoms with Gasteiger partial charge in [0, 0.05) is 23.1 Å². The van der Waals surface area contributed by atoms with Crippen LogP contribution >= 0.6 is 0 Å². The molecule has 0 saturated heterocycles. The van der Waals surface area contributed by atoms with Gasteiger partial charge >= 0.3 is 18.2 Å². The molecule has 0 radical (unpaired) electrons. The minimum Gasteiger partial charge on any atom is -0.493 e. The average molecular weight is 442 g/mol. The molecule has 0 amide bonds. The Balaban J connectivity index is 1.47. The Hall–Kier alpha value is -3.68. The predicted octanol–water partition coefficient (Wildman–Crippen LogP) is 4.65. The van der Waals surface area contributed by atoms with E-state index in [1.54, 1.807) is 0 Å². The van der Waals surface area contributed by atoms with Crippen molar-refractivity contribution < 1.29 is 32.2 Å². The van der Waals surface area contributed by atoms with Crippen molar-refractivity contribution >= 4 is 23.0 Å². The summed E-state index contributed by atoms with van der Waals surface area (Å²) in [4.78, 5) is 24.1. The number of hydrogen-bond acceptors (Lipinski definition) is 6. The fraction of sp³-hybridized carbons (Fsp3) is 0.250. The van der Waals surface area contributed by atoms with Crippen molar-refractivity contribution in [2.75, 3.05) is 7.11 Å². The maximum atomic E-state index is 12.4. The predicted molar refractivity (Wildman–Crippen MR) is 113 cm³/mol. The summed E-state index contributed by atoms with van der Waals surface area (Å²) in [6, 6.07) is 9.49. The van der Waals surface area contributed by atoms with Crippen LogP contribution in [0.5, 0.6) is 11.5 Å². The third-order valence-corrected chi connectivity index (χ3v) is 5.23. The zero-order chi connectivity index (χ0) is 22.7. The second-order valence-corrected chi connectivity index (χ2v) is 7.29. The van der Waals surface area contributed by atoms with Crippen LogP contribution in [-0.2, 0) is 29.0 Å². The topological polar surface area (TPSA) is 75.0 Å². The zero-order valence-corrected chi connectivity index (χ0v) is 17.2. The van der Waals surface area contributed by atoms with Crippen LogP contribution in [0.3, 0.4) is 0 Å². The zero-order valence-electron chi connectivity index (χ0n) is 17.2. The van der Waals surface area contributed by atoms with E-state index in [-0.39, 0.29) is 18.1 Å². The summed E-state index contributed by atoms with van der Waals surface area (Å²) < 4.78 is 44.9. The summed E-state index contributed by atoms with van der Waals surface area (Å²) in [7, 11) is 1.32. The number of halogens is 2. The normalized spacial score (nSPS) is 13.0. The number of carbonyl (C=O) groups is 1. The monoisotopic (exact) mass is 442 g/mol. The summed E-state index contributed by atoms with van der Waals surface area (Å²) >= 11 is 0. The van der Waals surface area contributed by atoms with Gasteiger partial charge in [0.1, 0.15) is 12.2 Å². The molecule has 8 heteroatoms. The molecule has 6 nitrogen and oxygen atoms in total. The Morgan fingerprint density at radius 2 is 1.91 bits per heavy atom. The number of carbonyl (C=O) groups excluding carboxylic acids is 1. The van der Waals surface area contributed by atoms with Gasteiger partial charge in [0.15, 0.2) is 11.5 Å². The molecule has 0 unspecified atom stereocenters. The van der Waals surface area contributed by atoms with Gasteiger partial charge in [0.25, 0.3) is 0 Å². The quantitative estimate of drug-likeness (QED) is 0.301. The standard InChI is InChI=1S/C24H20F2O6/c1-29-21-9-14(5-7-19(21)32-24(25)26)6-8-22(27)30-13-17-12-23(28)31-20-11-16-4-2-3-15(16)10-18(17)20/h5-12,24H,2-4,13H2,1H3/b8-6+. The molecular weight excluding hydrogens is 422 g/mol. The molecule has 2 aromatic carbocycles. The molecule has 1 heterocycles. The van der Waals surface area contributed by atoms with Gasteiger partial charge in [-0.2, -0.15) is 8.78 Å². The fourth-order valence-electron chi connectivity index (χ4n) is 3.76. The van der Waals surface area contributed by atoms with E-state index in [9.17, 15) is 18.4 Å². The van der Waals surface area contributed by atoms with E-state index in [4.69, 9.17) is 13.9 Å². The summed E-state index contributed by atoms with van der Waals surface area (Å²) in [6.45, 7) is -3.06. The minimum atomic E-state index is -2.97. The Labute approximate surface area is 182 Å². The van der Waals surface area contributed by atoms with Crippen LogP contribution in [0.1, 0.15) is 28.7 Å². The highest BCUT2D eigenvalue weighted by Crippen LogP contribution is 2.30. The molecule has 0 N–H and O–H groups in total. The van der Waals surface area contributed by atoms with Gasteiger partial charge in [-0.25, -0.2) is 9.59 Å². The third-order valence-electron chi connectivity index (χ3n) is 5.23. The molecule has 0 fully saturated rings. The second-order valence-electron chi connectivity index (χ2n) is 7.29. The van der Waals surface area contributed by atoms with Crippen LogP contribution in [0.15, 0.2) is 51.7 Å². The van der Waals surface area contributed by atoms with E-state index in [2.05, 4.69) is 4.74 Å². The van der Waals surface area contributed by atoms with Crippen molar-refractivity contribution in [3.8, 4) is 11.5 Å². The summed E-state index contributed by atoms with van der Waals surface area (Å²) in [5, 5.41) is 0.751. The Kier molecular flexibility index (Phi) is 6.20. The second kappa shape index (κ2) is 9.21. The highest BCUT2D eigenvalue weighted by molar-refractivity contribution is 5.88. The number of esters is 1. The van der Waals surface area contributed by atoms with Crippen molar-refractivity contribution in [3.63, 3.8) is 0 Å². The largest absolute Gasteiger partial charge is 0.493 e. The number of methoxy groups -OCH3 is 1. The molecule has 0 atom stereocenters. The highest BCUT2D eigenvalue weighted by atomic mass is 19.3. The number of alkyl halides is 2. The van der Waals surface area contributed by atoms with Crippen LogP contribution in [0.2, 0.25) is 0 Å². The van der Waals surface area contributed by atoms with Crippen LogP contribution in [0.4, 0.5) is 8.78 Å². The van der Waals surface area contributed by atoms with Crippen LogP contribution in [0.25, 0.3) is 17.0 Å². The van der Waals surface area contributed by atoms with Crippen molar-refractivity contribution in [2.45, 2.75) is 32.5 Å². The first kappa shape index (κ1) is 21.5. The third kappa shape index (κ3) is 4.80. The molecule has 0 saturated carbocycles. The lowest BCUT2D eigenvalue weighted by molar-refractivity contribution is -0.138. The molecule has 3 aromatic rings. The maximum absolute atomic E-state index is 12.4. The Morgan fingerprint density at radius 3 is 2.66 bits per heavy atom. The van der Waals surface area contributed by atoms with Gasteiger partial charge in [-0.15, -0.1) is 0 Å². The fourth-order valence-corrected chi connectivity index (χ4v) is 3.76. The van der Waals surface area contributed by atoms with Gasteiger partial charge in [-0.3, -0.25) is 0 Å². The molecule has 32 heavy (non-hydrogen) atoms. The molecule has 0 aliphatic heterocycles. The van der Waals surface area contributed by atoms with E-state index >= 15 is 0 Å². The first-order valence-electron chi connectivity index (χ1n) is 9.99. The number of hydrogen-bond donors (Lipinski definition) is 0. The number of aryl methyl sites for hydroxylation is 2. The SMILES string of the molecule is COc1cc(/C=C/C(=O)OCc2cc(=O)oc3cc4c(cc23)CCC4)ccc1OC(F)F. The number of rotatable bonds is 7. The number of ether oxygens (including phenoxy) is 3. The van der Waals surface area contributed by atoms with E-state index in [0.29, 0.717) is 16.7 Å². The highest BCUT2D eigenvalue weighted by Gasteiger charge is 2.16. The van der Waals surface area contributed by atoms with E-state index in [1.807, 2.05) is 12.1 Å². The molecule has 4 rings (SSSR count). The smallest absolute Gasteiger partial charge is 0.387 e.